The molecule has 0 saturated carbocycles. The van der Waals surface area contributed by atoms with Crippen molar-refractivity contribution in [3.63, 3.8) is 0 Å². The van der Waals surface area contributed by atoms with Crippen LogP contribution < -0.4 is 0 Å². The van der Waals surface area contributed by atoms with Gasteiger partial charge in [-0.05, 0) is 19.8 Å². The van der Waals surface area contributed by atoms with Crippen LogP contribution in [-0.2, 0) is 10.0 Å². The predicted molar refractivity (Wildman–Crippen MR) is 61.0 cm³/mol. The molecule has 1 N–H and O–H groups in total. The molecule has 1 aromatic heterocycles. The van der Waals surface area contributed by atoms with Gasteiger partial charge < -0.3 is 0 Å². The van der Waals surface area contributed by atoms with E-state index in [-0.39, 0.29) is 10.9 Å². The van der Waals surface area contributed by atoms with Crippen molar-refractivity contribution in [1.82, 2.24) is 14.5 Å². The molecular weight excluding hydrogens is 250 g/mol. The number of rotatable bonds is 3. The first-order valence-electron chi connectivity index (χ1n) is 5.15. The average molecular weight is 264 g/mol. The molecule has 0 spiro atoms. The van der Waals surface area contributed by atoms with Crippen LogP contribution in [0.1, 0.15) is 18.5 Å². The summed E-state index contributed by atoms with van der Waals surface area (Å²) in [6.07, 6.45) is 3.06. The van der Waals surface area contributed by atoms with Crippen LogP contribution in [-0.4, -0.2) is 41.4 Å². The summed E-state index contributed by atoms with van der Waals surface area (Å²) >= 11 is 5.78. The highest BCUT2D eigenvalue weighted by Gasteiger charge is 2.36. The monoisotopic (exact) mass is 263 g/mol. The van der Waals surface area contributed by atoms with Crippen molar-refractivity contribution >= 4 is 21.6 Å². The van der Waals surface area contributed by atoms with Gasteiger partial charge in [-0.1, -0.05) is 0 Å². The highest BCUT2D eigenvalue weighted by molar-refractivity contribution is 7.89. The molecule has 0 amide bonds. The van der Waals surface area contributed by atoms with Crippen molar-refractivity contribution in [1.29, 1.82) is 0 Å². The minimum Gasteiger partial charge on any atom is -0.281 e. The maximum Gasteiger partial charge on any atom is 0.246 e. The Morgan fingerprint density at radius 2 is 2.44 bits per heavy atom. The van der Waals surface area contributed by atoms with Crippen LogP contribution in [0.2, 0.25) is 0 Å². The molecule has 1 aliphatic rings. The first-order chi connectivity index (χ1) is 7.57. The molecule has 7 heteroatoms. The van der Waals surface area contributed by atoms with Crippen LogP contribution in [0.15, 0.2) is 11.1 Å². The van der Waals surface area contributed by atoms with Crippen LogP contribution in [0.3, 0.4) is 0 Å². The molecule has 2 heterocycles. The number of sulfonamides is 1. The molecule has 1 atom stereocenters. The van der Waals surface area contributed by atoms with Crippen LogP contribution in [0.5, 0.6) is 0 Å². The Bertz CT molecular complexity index is 471. The van der Waals surface area contributed by atoms with Gasteiger partial charge in [-0.2, -0.15) is 9.40 Å². The summed E-state index contributed by atoms with van der Waals surface area (Å²) in [4.78, 5) is 0.254. The van der Waals surface area contributed by atoms with Gasteiger partial charge in [0.05, 0.1) is 11.9 Å². The van der Waals surface area contributed by atoms with Gasteiger partial charge >= 0.3 is 0 Å². The van der Waals surface area contributed by atoms with Gasteiger partial charge in [-0.25, -0.2) is 8.42 Å². The molecule has 1 fully saturated rings. The fraction of sp³-hybridized carbons (Fsp3) is 0.667. The van der Waals surface area contributed by atoms with Crippen molar-refractivity contribution in [2.75, 3.05) is 12.4 Å². The zero-order chi connectivity index (χ0) is 11.8. The third-order valence-corrected chi connectivity index (χ3v) is 5.29. The quantitative estimate of drug-likeness (QED) is 0.831. The summed E-state index contributed by atoms with van der Waals surface area (Å²) in [6, 6.07) is -0.0824. The zero-order valence-electron chi connectivity index (χ0n) is 8.98. The first kappa shape index (κ1) is 11.9. The molecule has 2 rings (SSSR count). The molecule has 0 bridgehead atoms. The molecule has 90 valence electrons. The Morgan fingerprint density at radius 3 is 3.00 bits per heavy atom. The second kappa shape index (κ2) is 4.35. The third kappa shape index (κ3) is 1.85. The normalized spacial score (nSPS) is 22.8. The van der Waals surface area contributed by atoms with Crippen molar-refractivity contribution in [2.24, 2.45) is 0 Å². The zero-order valence-corrected chi connectivity index (χ0v) is 10.6. The third-order valence-electron chi connectivity index (χ3n) is 2.87. The molecule has 1 unspecified atom stereocenters. The fourth-order valence-electron chi connectivity index (χ4n) is 2.01. The van der Waals surface area contributed by atoms with Crippen LogP contribution in [0.25, 0.3) is 0 Å². The Labute approximate surface area is 99.8 Å². The standard InChI is InChI=1S/C9H14ClN3O2S/c1-7-9(6-11-12-7)16(14,15)13-4-2-3-8(13)5-10/h6,8H,2-5H2,1H3,(H,11,12). The lowest BCUT2D eigenvalue weighted by molar-refractivity contribution is 0.411. The van der Waals surface area contributed by atoms with Crippen molar-refractivity contribution < 1.29 is 8.42 Å². The molecule has 0 aromatic carbocycles. The van der Waals surface area contributed by atoms with Crippen LogP contribution in [0, 0.1) is 6.92 Å². The van der Waals surface area contributed by atoms with E-state index >= 15 is 0 Å². The minimum absolute atomic E-state index is 0.0824. The summed E-state index contributed by atoms with van der Waals surface area (Å²) in [5.74, 6) is 0.343. The molecule has 0 aliphatic carbocycles. The maximum atomic E-state index is 12.3. The van der Waals surface area contributed by atoms with Gasteiger partial charge in [-0.15, -0.1) is 11.6 Å². The van der Waals surface area contributed by atoms with Gasteiger partial charge in [0.2, 0.25) is 10.0 Å². The molecule has 0 radical (unpaired) electrons. The number of hydrogen-bond acceptors (Lipinski definition) is 3. The molecular formula is C9H14ClN3O2S. The Morgan fingerprint density at radius 1 is 1.69 bits per heavy atom. The van der Waals surface area contributed by atoms with E-state index in [2.05, 4.69) is 10.2 Å². The summed E-state index contributed by atoms with van der Waals surface area (Å²) in [7, 11) is -3.43. The summed E-state index contributed by atoms with van der Waals surface area (Å²) in [6.45, 7) is 2.25. The van der Waals surface area contributed by atoms with E-state index < -0.39 is 10.0 Å². The highest BCUT2D eigenvalue weighted by Crippen LogP contribution is 2.27. The number of halogens is 1. The lowest BCUT2D eigenvalue weighted by Crippen LogP contribution is -2.36. The molecule has 1 saturated heterocycles. The van der Waals surface area contributed by atoms with Gasteiger partial charge in [0.1, 0.15) is 4.90 Å². The SMILES string of the molecule is Cc1[nH]ncc1S(=O)(=O)N1CCCC1CCl. The Hall–Kier alpha value is -0.590. The van der Waals surface area contributed by atoms with Gasteiger partial charge in [0, 0.05) is 18.5 Å². The largest absolute Gasteiger partial charge is 0.281 e. The van der Waals surface area contributed by atoms with Gasteiger partial charge in [-0.3, -0.25) is 5.10 Å². The molecule has 5 nitrogen and oxygen atoms in total. The number of hydrogen-bond donors (Lipinski definition) is 1. The summed E-state index contributed by atoms with van der Waals surface area (Å²) in [5, 5.41) is 6.39. The lowest BCUT2D eigenvalue weighted by atomic mass is 10.3. The minimum atomic E-state index is -3.43. The molecule has 1 aliphatic heterocycles. The lowest BCUT2D eigenvalue weighted by Gasteiger charge is -2.21. The fourth-order valence-corrected chi connectivity index (χ4v) is 4.22. The van der Waals surface area contributed by atoms with E-state index in [1.165, 1.54) is 10.5 Å². The average Bonchev–Trinajstić information content (AvgIpc) is 2.85. The van der Waals surface area contributed by atoms with Crippen molar-refractivity contribution in [3.05, 3.63) is 11.9 Å². The van der Waals surface area contributed by atoms with E-state index in [0.29, 0.717) is 18.1 Å². The summed E-state index contributed by atoms with van der Waals surface area (Å²) < 4.78 is 26.1. The molecule has 1 aromatic rings. The van der Waals surface area contributed by atoms with Crippen molar-refractivity contribution in [3.8, 4) is 0 Å². The highest BCUT2D eigenvalue weighted by atomic mass is 35.5. The van der Waals surface area contributed by atoms with Gasteiger partial charge in [0.15, 0.2) is 0 Å². The van der Waals surface area contributed by atoms with E-state index in [9.17, 15) is 8.42 Å². The number of aryl methyl sites for hydroxylation is 1. The molecule has 16 heavy (non-hydrogen) atoms. The van der Waals surface area contributed by atoms with Gasteiger partial charge in [0.25, 0.3) is 0 Å². The first-order valence-corrected chi connectivity index (χ1v) is 7.12. The van der Waals surface area contributed by atoms with Crippen molar-refractivity contribution in [2.45, 2.75) is 30.7 Å². The number of H-pyrrole nitrogens is 1. The van der Waals surface area contributed by atoms with Crippen LogP contribution in [0.4, 0.5) is 0 Å². The second-order valence-corrected chi connectivity index (χ2v) is 6.09. The number of nitrogens with zero attached hydrogens (tertiary/aromatic N) is 2. The Kier molecular flexibility index (Phi) is 3.23. The maximum absolute atomic E-state index is 12.3. The number of aromatic nitrogens is 2. The Balaban J connectivity index is 2.36. The van der Waals surface area contributed by atoms with E-state index in [1.807, 2.05) is 0 Å². The smallest absolute Gasteiger partial charge is 0.246 e. The number of aromatic amines is 1. The van der Waals surface area contributed by atoms with Crippen LogP contribution >= 0.6 is 11.6 Å². The summed E-state index contributed by atoms with van der Waals surface area (Å²) in [5.41, 5.74) is 0.570. The van der Waals surface area contributed by atoms with E-state index in [4.69, 9.17) is 11.6 Å². The number of alkyl halides is 1. The number of nitrogens with one attached hydrogen (secondary N) is 1. The second-order valence-electron chi connectivity index (χ2n) is 3.93. The van der Waals surface area contributed by atoms with E-state index in [1.54, 1.807) is 6.92 Å². The predicted octanol–water partition coefficient (Wildman–Crippen LogP) is 1.11. The van der Waals surface area contributed by atoms with E-state index in [0.717, 1.165) is 12.8 Å². The topological polar surface area (TPSA) is 66.1 Å².